The van der Waals surface area contributed by atoms with Gasteiger partial charge in [0.05, 0.1) is 16.3 Å². The fourth-order valence-electron chi connectivity index (χ4n) is 1.47. The number of anilines is 1. The predicted octanol–water partition coefficient (Wildman–Crippen LogP) is 3.12. The number of amides is 1. The minimum absolute atomic E-state index is 0.0544. The number of aromatic nitrogens is 1. The lowest BCUT2D eigenvalue weighted by atomic mass is 10.2. The topological polar surface area (TPSA) is 79.3 Å². The second kappa shape index (κ2) is 7.41. The summed E-state index contributed by atoms with van der Waals surface area (Å²) in [7, 11) is 0. The molecule has 2 aromatic rings. The zero-order valence-electron chi connectivity index (χ0n) is 10.7. The van der Waals surface area contributed by atoms with Gasteiger partial charge in [0, 0.05) is 15.5 Å². The number of halogens is 1. The summed E-state index contributed by atoms with van der Waals surface area (Å²) in [5.74, 6) is -1.21. The number of thioether (sulfide) groups is 1. The molecule has 2 rings (SSSR count). The van der Waals surface area contributed by atoms with E-state index in [1.54, 1.807) is 12.1 Å². The fourth-order valence-corrected chi connectivity index (χ4v) is 2.39. The summed E-state index contributed by atoms with van der Waals surface area (Å²) in [6.07, 6.45) is 1.44. The molecule has 0 aliphatic carbocycles. The summed E-state index contributed by atoms with van der Waals surface area (Å²) in [6.45, 7) is 0. The van der Waals surface area contributed by atoms with Crippen LogP contribution in [0.2, 0.25) is 0 Å². The van der Waals surface area contributed by atoms with E-state index in [2.05, 4.69) is 32.9 Å². The van der Waals surface area contributed by atoms with Gasteiger partial charge in [0.15, 0.2) is 0 Å². The minimum atomic E-state index is -0.901. The first-order chi connectivity index (χ1) is 10.0. The molecule has 2 N–H and O–H groups in total. The summed E-state index contributed by atoms with van der Waals surface area (Å²) in [5, 5.41) is 11.9. The Balaban J connectivity index is 1.99. The number of benzene rings is 1. The van der Waals surface area contributed by atoms with Gasteiger partial charge in [-0.05, 0) is 59.0 Å². The Kier molecular flexibility index (Phi) is 5.57. The minimum Gasteiger partial charge on any atom is -0.481 e. The van der Waals surface area contributed by atoms with E-state index in [0.29, 0.717) is 16.3 Å². The highest BCUT2D eigenvalue weighted by Gasteiger charge is 2.07. The van der Waals surface area contributed by atoms with Crippen molar-refractivity contribution >= 4 is 51.9 Å². The normalized spacial score (nSPS) is 10.1. The highest BCUT2D eigenvalue weighted by molar-refractivity contribution is 14.1. The molecule has 0 bridgehead atoms. The lowest BCUT2D eigenvalue weighted by molar-refractivity contribution is -0.133. The number of nitrogens with zero attached hydrogens (tertiary/aromatic N) is 1. The molecule has 5 nitrogen and oxygen atoms in total. The van der Waals surface area contributed by atoms with E-state index in [4.69, 9.17) is 5.11 Å². The number of nitrogens with one attached hydrogen (secondary N) is 1. The predicted molar refractivity (Wildman–Crippen MR) is 89.7 cm³/mol. The van der Waals surface area contributed by atoms with Crippen molar-refractivity contribution in [3.05, 3.63) is 51.7 Å². The van der Waals surface area contributed by atoms with Crippen LogP contribution < -0.4 is 5.32 Å². The molecule has 1 amide bonds. The molecular weight excluding hydrogens is 403 g/mol. The molecule has 0 atom stereocenters. The number of hydrogen-bond donors (Lipinski definition) is 2. The van der Waals surface area contributed by atoms with Gasteiger partial charge < -0.3 is 10.4 Å². The maximum Gasteiger partial charge on any atom is 0.313 e. The van der Waals surface area contributed by atoms with Crippen molar-refractivity contribution in [2.45, 2.75) is 5.03 Å². The number of hydrogen-bond acceptors (Lipinski definition) is 4. The molecule has 108 valence electrons. The Bertz CT molecular complexity index is 644. The van der Waals surface area contributed by atoms with E-state index in [0.717, 1.165) is 15.3 Å². The lowest BCUT2D eigenvalue weighted by Gasteiger charge is -2.05. The van der Waals surface area contributed by atoms with E-state index < -0.39 is 5.97 Å². The first-order valence-electron chi connectivity index (χ1n) is 5.92. The van der Waals surface area contributed by atoms with Gasteiger partial charge in [0.1, 0.15) is 0 Å². The number of carboxylic acid groups (broad SMARTS) is 1. The van der Waals surface area contributed by atoms with Gasteiger partial charge in [0.25, 0.3) is 5.91 Å². The Morgan fingerprint density at radius 3 is 2.48 bits per heavy atom. The largest absolute Gasteiger partial charge is 0.481 e. The van der Waals surface area contributed by atoms with Crippen LogP contribution >= 0.6 is 34.4 Å². The third kappa shape index (κ3) is 5.01. The molecule has 0 aliphatic rings. The van der Waals surface area contributed by atoms with Crippen molar-refractivity contribution in [3.8, 4) is 0 Å². The molecule has 0 aliphatic heterocycles. The van der Waals surface area contributed by atoms with Crippen molar-refractivity contribution < 1.29 is 14.7 Å². The highest BCUT2D eigenvalue weighted by atomic mass is 127. The van der Waals surface area contributed by atoms with E-state index in [-0.39, 0.29) is 11.7 Å². The molecule has 21 heavy (non-hydrogen) atoms. The summed E-state index contributed by atoms with van der Waals surface area (Å²) in [6, 6.07) is 10.7. The zero-order chi connectivity index (χ0) is 15.2. The SMILES string of the molecule is O=C(O)CSc1ccc(C(=O)Nc2ccc(I)cc2)cn1. The van der Waals surface area contributed by atoms with Crippen LogP contribution in [0.1, 0.15) is 10.4 Å². The summed E-state index contributed by atoms with van der Waals surface area (Å²) in [5.41, 5.74) is 1.14. The van der Waals surface area contributed by atoms with Crippen LogP contribution in [0.25, 0.3) is 0 Å². The second-order valence-corrected chi connectivity index (χ2v) is 6.27. The van der Waals surface area contributed by atoms with Crippen LogP contribution in [0.15, 0.2) is 47.6 Å². The molecular formula is C14H11IN2O3S. The van der Waals surface area contributed by atoms with Crippen molar-refractivity contribution in [3.63, 3.8) is 0 Å². The third-order valence-corrected chi connectivity index (χ3v) is 4.09. The molecule has 0 fully saturated rings. The maximum atomic E-state index is 12.0. The van der Waals surface area contributed by atoms with Crippen LogP contribution in [-0.2, 0) is 4.79 Å². The first-order valence-corrected chi connectivity index (χ1v) is 7.98. The molecule has 0 radical (unpaired) electrons. The number of rotatable bonds is 5. The van der Waals surface area contributed by atoms with Gasteiger partial charge in [-0.2, -0.15) is 0 Å². The number of carbonyl (C=O) groups is 2. The monoisotopic (exact) mass is 414 g/mol. The van der Waals surface area contributed by atoms with Crippen LogP contribution in [0, 0.1) is 3.57 Å². The van der Waals surface area contributed by atoms with Gasteiger partial charge in [-0.25, -0.2) is 4.98 Å². The van der Waals surface area contributed by atoms with Crippen molar-refractivity contribution in [1.29, 1.82) is 0 Å². The van der Waals surface area contributed by atoms with Gasteiger partial charge in [-0.3, -0.25) is 9.59 Å². The van der Waals surface area contributed by atoms with Crippen molar-refractivity contribution in [2.75, 3.05) is 11.1 Å². The van der Waals surface area contributed by atoms with E-state index in [1.165, 1.54) is 6.20 Å². The summed E-state index contributed by atoms with van der Waals surface area (Å²) >= 11 is 3.30. The van der Waals surface area contributed by atoms with Crippen LogP contribution in [0.3, 0.4) is 0 Å². The Morgan fingerprint density at radius 1 is 1.19 bits per heavy atom. The summed E-state index contributed by atoms with van der Waals surface area (Å²) < 4.78 is 1.09. The van der Waals surface area contributed by atoms with Crippen LogP contribution in [-0.4, -0.2) is 27.7 Å². The first kappa shape index (κ1) is 15.8. The molecule has 0 saturated carbocycles. The average Bonchev–Trinajstić information content (AvgIpc) is 2.48. The van der Waals surface area contributed by atoms with Gasteiger partial charge in [0.2, 0.25) is 0 Å². The Labute approximate surface area is 139 Å². The molecule has 0 unspecified atom stereocenters. The van der Waals surface area contributed by atoms with Crippen LogP contribution in [0.5, 0.6) is 0 Å². The molecule has 1 aromatic carbocycles. The van der Waals surface area contributed by atoms with Gasteiger partial charge in [-0.1, -0.05) is 11.8 Å². The van der Waals surface area contributed by atoms with Gasteiger partial charge in [-0.15, -0.1) is 0 Å². The summed E-state index contributed by atoms with van der Waals surface area (Å²) in [4.78, 5) is 26.5. The number of aliphatic carboxylic acids is 1. The molecule has 1 aromatic heterocycles. The Morgan fingerprint density at radius 2 is 1.90 bits per heavy atom. The fraction of sp³-hybridized carbons (Fsp3) is 0.0714. The molecule has 0 saturated heterocycles. The van der Waals surface area contributed by atoms with Crippen LogP contribution in [0.4, 0.5) is 5.69 Å². The standard InChI is InChI=1S/C14H11IN2O3S/c15-10-2-4-11(5-3-10)17-14(20)9-1-6-12(16-7-9)21-8-13(18)19/h1-7H,8H2,(H,17,20)(H,18,19). The molecule has 1 heterocycles. The lowest BCUT2D eigenvalue weighted by Crippen LogP contribution is -2.12. The number of carbonyl (C=O) groups excluding carboxylic acids is 1. The maximum absolute atomic E-state index is 12.0. The average molecular weight is 414 g/mol. The van der Waals surface area contributed by atoms with E-state index >= 15 is 0 Å². The van der Waals surface area contributed by atoms with E-state index in [9.17, 15) is 9.59 Å². The van der Waals surface area contributed by atoms with E-state index in [1.807, 2.05) is 24.3 Å². The third-order valence-electron chi connectivity index (χ3n) is 2.44. The number of carboxylic acids is 1. The number of pyridine rings is 1. The van der Waals surface area contributed by atoms with Crippen molar-refractivity contribution in [2.24, 2.45) is 0 Å². The smallest absolute Gasteiger partial charge is 0.313 e. The van der Waals surface area contributed by atoms with Crippen molar-refractivity contribution in [1.82, 2.24) is 4.98 Å². The zero-order valence-corrected chi connectivity index (χ0v) is 13.7. The Hall–Kier alpha value is -1.61. The van der Waals surface area contributed by atoms with Gasteiger partial charge >= 0.3 is 5.97 Å². The second-order valence-electron chi connectivity index (χ2n) is 4.03. The molecule has 0 spiro atoms. The quantitative estimate of drug-likeness (QED) is 0.581. The molecule has 7 heteroatoms. The highest BCUT2D eigenvalue weighted by Crippen LogP contribution is 2.16.